The third kappa shape index (κ3) is 3.94. The van der Waals surface area contributed by atoms with Crippen LogP contribution in [0.5, 0.6) is 0 Å². The molecule has 2 fully saturated rings. The molecule has 0 bridgehead atoms. The maximum Gasteiger partial charge on any atom is 0.227 e. The van der Waals surface area contributed by atoms with E-state index >= 15 is 0 Å². The Labute approximate surface area is 142 Å². The number of rotatable bonds is 3. The lowest BCUT2D eigenvalue weighted by Gasteiger charge is -2.34. The lowest BCUT2D eigenvalue weighted by atomic mass is 9.84. The number of piperidine rings is 1. The standard InChI is InChI=1S/C19H25FN2O2/c1-14(23)21-8-5-16(6-9-21)17-7-10-22(13-17)19(24)12-15-3-2-4-18(20)11-15/h2-4,11,16-17H,5-10,12-13H2,1H3. The number of halogens is 1. The Morgan fingerprint density at radius 2 is 1.75 bits per heavy atom. The van der Waals surface area contributed by atoms with E-state index in [0.29, 0.717) is 11.8 Å². The predicted octanol–water partition coefficient (Wildman–Crippen LogP) is 2.48. The number of likely N-dealkylation sites (tertiary alicyclic amines) is 2. The zero-order valence-corrected chi connectivity index (χ0v) is 14.2. The summed E-state index contributed by atoms with van der Waals surface area (Å²) in [5.74, 6) is 1.09. The number of hydrogen-bond acceptors (Lipinski definition) is 2. The molecule has 3 rings (SSSR count). The first-order valence-corrected chi connectivity index (χ1v) is 8.80. The molecular weight excluding hydrogens is 307 g/mol. The molecule has 4 nitrogen and oxygen atoms in total. The Kier molecular flexibility index (Phi) is 5.17. The highest BCUT2D eigenvalue weighted by atomic mass is 19.1. The molecule has 1 aromatic rings. The topological polar surface area (TPSA) is 40.6 Å². The fraction of sp³-hybridized carbons (Fsp3) is 0.579. The maximum atomic E-state index is 13.2. The summed E-state index contributed by atoms with van der Waals surface area (Å²) in [6.07, 6.45) is 3.39. The van der Waals surface area contributed by atoms with Crippen LogP contribution in [0.2, 0.25) is 0 Å². The average molecular weight is 332 g/mol. The van der Waals surface area contributed by atoms with Gasteiger partial charge in [0.05, 0.1) is 6.42 Å². The van der Waals surface area contributed by atoms with Crippen LogP contribution < -0.4 is 0 Å². The highest BCUT2D eigenvalue weighted by Crippen LogP contribution is 2.32. The Hall–Kier alpha value is -1.91. The molecule has 130 valence electrons. The van der Waals surface area contributed by atoms with E-state index in [1.165, 1.54) is 12.1 Å². The van der Waals surface area contributed by atoms with E-state index in [0.717, 1.165) is 51.0 Å². The van der Waals surface area contributed by atoms with Gasteiger partial charge in [0.15, 0.2) is 0 Å². The van der Waals surface area contributed by atoms with Gasteiger partial charge in [-0.05, 0) is 48.8 Å². The van der Waals surface area contributed by atoms with Crippen LogP contribution in [0.15, 0.2) is 24.3 Å². The van der Waals surface area contributed by atoms with Crippen molar-refractivity contribution in [1.29, 1.82) is 0 Å². The van der Waals surface area contributed by atoms with E-state index in [1.807, 2.05) is 9.80 Å². The Balaban J connectivity index is 1.50. The summed E-state index contributed by atoms with van der Waals surface area (Å²) in [5.41, 5.74) is 0.734. The van der Waals surface area contributed by atoms with Gasteiger partial charge in [-0.2, -0.15) is 0 Å². The molecule has 24 heavy (non-hydrogen) atoms. The van der Waals surface area contributed by atoms with Gasteiger partial charge in [0.25, 0.3) is 0 Å². The summed E-state index contributed by atoms with van der Waals surface area (Å²) in [5, 5.41) is 0. The van der Waals surface area contributed by atoms with Gasteiger partial charge < -0.3 is 9.80 Å². The van der Waals surface area contributed by atoms with Crippen LogP contribution in [-0.2, 0) is 16.0 Å². The zero-order valence-electron chi connectivity index (χ0n) is 14.2. The minimum absolute atomic E-state index is 0.0873. The quantitative estimate of drug-likeness (QED) is 0.853. The third-order valence-electron chi connectivity index (χ3n) is 5.47. The van der Waals surface area contributed by atoms with Crippen molar-refractivity contribution in [2.24, 2.45) is 11.8 Å². The lowest BCUT2D eigenvalue weighted by molar-refractivity contribution is -0.130. The molecule has 2 saturated heterocycles. The summed E-state index contributed by atoms with van der Waals surface area (Å²) in [4.78, 5) is 27.7. The summed E-state index contributed by atoms with van der Waals surface area (Å²) in [6.45, 7) is 4.91. The minimum atomic E-state index is -0.295. The number of benzene rings is 1. The highest BCUT2D eigenvalue weighted by molar-refractivity contribution is 5.79. The van der Waals surface area contributed by atoms with Gasteiger partial charge >= 0.3 is 0 Å². The molecule has 2 aliphatic rings. The monoisotopic (exact) mass is 332 g/mol. The molecule has 0 saturated carbocycles. The Morgan fingerprint density at radius 3 is 2.42 bits per heavy atom. The van der Waals surface area contributed by atoms with Gasteiger partial charge in [-0.15, -0.1) is 0 Å². The van der Waals surface area contributed by atoms with Crippen LogP contribution >= 0.6 is 0 Å². The van der Waals surface area contributed by atoms with E-state index in [4.69, 9.17) is 0 Å². The molecule has 0 spiro atoms. The first kappa shape index (κ1) is 16.9. The van der Waals surface area contributed by atoms with Gasteiger partial charge in [0.1, 0.15) is 5.82 Å². The smallest absolute Gasteiger partial charge is 0.227 e. The molecule has 2 heterocycles. The van der Waals surface area contributed by atoms with Crippen molar-refractivity contribution in [3.8, 4) is 0 Å². The second kappa shape index (κ2) is 7.32. The van der Waals surface area contributed by atoms with Gasteiger partial charge in [-0.1, -0.05) is 12.1 Å². The summed E-state index contributed by atoms with van der Waals surface area (Å²) >= 11 is 0. The Bertz CT molecular complexity index is 611. The minimum Gasteiger partial charge on any atom is -0.343 e. The number of hydrogen-bond donors (Lipinski definition) is 0. The molecule has 0 N–H and O–H groups in total. The molecule has 1 aromatic carbocycles. The second-order valence-electron chi connectivity index (χ2n) is 7.04. The molecule has 2 amide bonds. The first-order valence-electron chi connectivity index (χ1n) is 8.80. The van der Waals surface area contributed by atoms with Crippen LogP contribution in [-0.4, -0.2) is 47.8 Å². The number of carbonyl (C=O) groups is 2. The van der Waals surface area contributed by atoms with Crippen molar-refractivity contribution >= 4 is 11.8 Å². The molecule has 1 atom stereocenters. The maximum absolute atomic E-state index is 13.2. The summed E-state index contributed by atoms with van der Waals surface area (Å²) in [7, 11) is 0. The van der Waals surface area contributed by atoms with Gasteiger partial charge in [-0.3, -0.25) is 9.59 Å². The van der Waals surface area contributed by atoms with Crippen molar-refractivity contribution in [2.45, 2.75) is 32.6 Å². The fourth-order valence-electron chi connectivity index (χ4n) is 4.02. The molecule has 0 radical (unpaired) electrons. The van der Waals surface area contributed by atoms with Crippen LogP contribution in [0, 0.1) is 17.7 Å². The third-order valence-corrected chi connectivity index (χ3v) is 5.47. The van der Waals surface area contributed by atoms with Crippen LogP contribution in [0.4, 0.5) is 4.39 Å². The number of amides is 2. The van der Waals surface area contributed by atoms with Crippen molar-refractivity contribution < 1.29 is 14.0 Å². The van der Waals surface area contributed by atoms with E-state index in [-0.39, 0.29) is 24.1 Å². The van der Waals surface area contributed by atoms with E-state index in [2.05, 4.69) is 0 Å². The van der Waals surface area contributed by atoms with Crippen LogP contribution in [0.25, 0.3) is 0 Å². The number of nitrogens with zero attached hydrogens (tertiary/aromatic N) is 2. The molecule has 1 unspecified atom stereocenters. The van der Waals surface area contributed by atoms with Crippen molar-refractivity contribution in [3.63, 3.8) is 0 Å². The number of carbonyl (C=O) groups excluding carboxylic acids is 2. The van der Waals surface area contributed by atoms with E-state index in [9.17, 15) is 14.0 Å². The first-order chi connectivity index (χ1) is 11.5. The van der Waals surface area contributed by atoms with Gasteiger partial charge in [-0.25, -0.2) is 4.39 Å². The average Bonchev–Trinajstić information content (AvgIpc) is 3.05. The predicted molar refractivity (Wildman–Crippen MR) is 89.8 cm³/mol. The molecule has 0 aliphatic carbocycles. The summed E-state index contributed by atoms with van der Waals surface area (Å²) in [6, 6.07) is 6.27. The van der Waals surface area contributed by atoms with E-state index < -0.39 is 0 Å². The van der Waals surface area contributed by atoms with Crippen molar-refractivity contribution in [2.75, 3.05) is 26.2 Å². The van der Waals surface area contributed by atoms with Crippen molar-refractivity contribution in [3.05, 3.63) is 35.6 Å². The highest BCUT2D eigenvalue weighted by Gasteiger charge is 2.33. The van der Waals surface area contributed by atoms with Gasteiger partial charge in [0.2, 0.25) is 11.8 Å². The fourth-order valence-corrected chi connectivity index (χ4v) is 4.02. The van der Waals surface area contributed by atoms with Crippen LogP contribution in [0.1, 0.15) is 31.7 Å². The lowest BCUT2D eigenvalue weighted by Crippen LogP contribution is -2.39. The largest absolute Gasteiger partial charge is 0.343 e. The van der Waals surface area contributed by atoms with E-state index in [1.54, 1.807) is 19.1 Å². The molecule has 0 aromatic heterocycles. The second-order valence-corrected chi connectivity index (χ2v) is 7.04. The molecule has 2 aliphatic heterocycles. The zero-order chi connectivity index (χ0) is 17.1. The summed E-state index contributed by atoms with van der Waals surface area (Å²) < 4.78 is 13.2. The van der Waals surface area contributed by atoms with Gasteiger partial charge in [0, 0.05) is 33.1 Å². The Morgan fingerprint density at radius 1 is 1.08 bits per heavy atom. The van der Waals surface area contributed by atoms with Crippen LogP contribution in [0.3, 0.4) is 0 Å². The normalized spacial score (nSPS) is 22.0. The van der Waals surface area contributed by atoms with Crippen molar-refractivity contribution in [1.82, 2.24) is 9.80 Å². The molecule has 5 heteroatoms. The molecular formula is C19H25FN2O2. The SMILES string of the molecule is CC(=O)N1CCC(C2CCN(C(=O)Cc3cccc(F)c3)C2)CC1.